The van der Waals surface area contributed by atoms with Gasteiger partial charge in [-0.25, -0.2) is 5.43 Å². The average Bonchev–Trinajstić information content (AvgIpc) is 2.66. The van der Waals surface area contributed by atoms with Gasteiger partial charge in [0.2, 0.25) is 5.91 Å². The maximum Gasteiger partial charge on any atom is 0.240 e. The first-order valence-electron chi connectivity index (χ1n) is 10.2. The maximum atomic E-state index is 11.7. The zero-order valence-electron chi connectivity index (χ0n) is 16.6. The molecular weight excluding hydrogens is 324 g/mol. The Hall–Kier alpha value is -1.84. The molecule has 0 aliphatic carbocycles. The lowest BCUT2D eigenvalue weighted by Crippen LogP contribution is -2.16. The number of nitrogens with one attached hydrogen (secondary N) is 1. The Kier molecular flexibility index (Phi) is 13.2. The van der Waals surface area contributed by atoms with Gasteiger partial charge in [-0.1, -0.05) is 71.1 Å². The molecule has 26 heavy (non-hydrogen) atoms. The first kappa shape index (κ1) is 22.2. The van der Waals surface area contributed by atoms with Crippen molar-refractivity contribution in [2.24, 2.45) is 5.10 Å². The van der Waals surface area contributed by atoms with Crippen LogP contribution in [0, 0.1) is 0 Å². The summed E-state index contributed by atoms with van der Waals surface area (Å²) in [6.45, 7) is 2.26. The first-order valence-corrected chi connectivity index (χ1v) is 10.2. The molecule has 0 fully saturated rings. The molecule has 1 rings (SSSR count). The smallest absolute Gasteiger partial charge is 0.240 e. The second-order valence-electron chi connectivity index (χ2n) is 6.85. The van der Waals surface area contributed by atoms with Gasteiger partial charge in [0.25, 0.3) is 0 Å². The van der Waals surface area contributed by atoms with Gasteiger partial charge in [-0.3, -0.25) is 4.79 Å². The van der Waals surface area contributed by atoms with Crippen molar-refractivity contribution in [1.29, 1.82) is 0 Å². The highest BCUT2D eigenvalue weighted by Crippen LogP contribution is 2.12. The minimum atomic E-state index is -0.00862. The number of unbranched alkanes of at least 4 members (excludes halogenated alkanes) is 10. The van der Waals surface area contributed by atoms with E-state index in [2.05, 4.69) is 17.5 Å². The third-order valence-electron chi connectivity index (χ3n) is 4.53. The van der Waals surface area contributed by atoms with Crippen molar-refractivity contribution in [2.45, 2.75) is 84.0 Å². The van der Waals surface area contributed by atoms with Gasteiger partial charge < -0.3 is 4.74 Å². The lowest BCUT2D eigenvalue weighted by atomic mass is 10.1. The zero-order valence-corrected chi connectivity index (χ0v) is 16.6. The normalized spacial score (nSPS) is 11.0. The van der Waals surface area contributed by atoms with Crippen LogP contribution in [0.4, 0.5) is 0 Å². The van der Waals surface area contributed by atoms with Gasteiger partial charge in [-0.15, -0.1) is 0 Å². The number of amides is 1. The molecule has 0 aromatic heterocycles. The molecule has 0 unspecified atom stereocenters. The van der Waals surface area contributed by atoms with E-state index in [0.29, 0.717) is 6.42 Å². The highest BCUT2D eigenvalue weighted by molar-refractivity contribution is 5.82. The van der Waals surface area contributed by atoms with Gasteiger partial charge >= 0.3 is 0 Å². The van der Waals surface area contributed by atoms with E-state index in [1.165, 1.54) is 57.8 Å². The van der Waals surface area contributed by atoms with Gasteiger partial charge in [0.05, 0.1) is 13.3 Å². The molecule has 146 valence electrons. The number of carbonyl (C=O) groups excluding carboxylic acids is 1. The fraction of sp³-hybridized carbons (Fsp3) is 0.636. The molecule has 1 aromatic carbocycles. The number of benzene rings is 1. The van der Waals surface area contributed by atoms with Crippen LogP contribution in [0.3, 0.4) is 0 Å². The molecule has 0 atom stereocenters. The largest absolute Gasteiger partial charge is 0.497 e. The molecule has 0 bridgehead atoms. The van der Waals surface area contributed by atoms with Crippen molar-refractivity contribution in [3.05, 3.63) is 29.8 Å². The topological polar surface area (TPSA) is 50.7 Å². The summed E-state index contributed by atoms with van der Waals surface area (Å²) in [7, 11) is 1.64. The van der Waals surface area contributed by atoms with Crippen molar-refractivity contribution in [1.82, 2.24) is 5.43 Å². The van der Waals surface area contributed by atoms with Crippen LogP contribution in [0.15, 0.2) is 29.4 Å². The molecule has 0 radical (unpaired) electrons. The van der Waals surface area contributed by atoms with Crippen LogP contribution in [-0.2, 0) is 4.79 Å². The van der Waals surface area contributed by atoms with Crippen LogP contribution in [0.1, 0.15) is 89.5 Å². The van der Waals surface area contributed by atoms with Crippen molar-refractivity contribution in [3.63, 3.8) is 0 Å². The van der Waals surface area contributed by atoms with E-state index in [4.69, 9.17) is 4.74 Å². The third-order valence-corrected chi connectivity index (χ3v) is 4.53. The fourth-order valence-electron chi connectivity index (χ4n) is 2.87. The molecule has 4 heteroatoms. The first-order chi connectivity index (χ1) is 12.8. The average molecular weight is 361 g/mol. The second-order valence-corrected chi connectivity index (χ2v) is 6.85. The molecule has 0 saturated carbocycles. The minimum absolute atomic E-state index is 0.00862. The Morgan fingerprint density at radius 1 is 0.923 bits per heavy atom. The van der Waals surface area contributed by atoms with E-state index in [1.54, 1.807) is 13.3 Å². The molecule has 1 N–H and O–H groups in total. The number of ether oxygens (including phenoxy) is 1. The maximum absolute atomic E-state index is 11.7. The van der Waals surface area contributed by atoms with E-state index >= 15 is 0 Å². The van der Waals surface area contributed by atoms with Crippen LogP contribution in [0.2, 0.25) is 0 Å². The fourth-order valence-corrected chi connectivity index (χ4v) is 2.87. The number of hydrazone groups is 1. The van der Waals surface area contributed by atoms with Crippen LogP contribution >= 0.6 is 0 Å². The Bertz CT molecular complexity index is 497. The number of hydrogen-bond acceptors (Lipinski definition) is 3. The molecule has 1 amide bonds. The van der Waals surface area contributed by atoms with Crippen LogP contribution in [-0.4, -0.2) is 19.2 Å². The Balaban J connectivity index is 1.95. The molecule has 0 aliphatic rings. The Morgan fingerprint density at radius 3 is 2.00 bits per heavy atom. The Labute approximate surface area is 159 Å². The van der Waals surface area contributed by atoms with Crippen molar-refractivity contribution >= 4 is 12.1 Å². The molecule has 0 aliphatic heterocycles. The van der Waals surface area contributed by atoms with Gasteiger partial charge in [-0.05, 0) is 36.2 Å². The minimum Gasteiger partial charge on any atom is -0.497 e. The SMILES string of the molecule is CCCCCCCCCCCCCC(=O)N/N=C\c1ccc(OC)cc1. The summed E-state index contributed by atoms with van der Waals surface area (Å²) in [5.74, 6) is 0.799. The summed E-state index contributed by atoms with van der Waals surface area (Å²) >= 11 is 0. The quantitative estimate of drug-likeness (QED) is 0.242. The van der Waals surface area contributed by atoms with Crippen molar-refractivity contribution in [2.75, 3.05) is 7.11 Å². The van der Waals surface area contributed by atoms with E-state index in [0.717, 1.165) is 24.2 Å². The van der Waals surface area contributed by atoms with E-state index in [1.807, 2.05) is 24.3 Å². The summed E-state index contributed by atoms with van der Waals surface area (Å²) in [4.78, 5) is 11.7. The van der Waals surface area contributed by atoms with E-state index in [-0.39, 0.29) is 5.91 Å². The third kappa shape index (κ3) is 11.7. The highest BCUT2D eigenvalue weighted by atomic mass is 16.5. The van der Waals surface area contributed by atoms with Gasteiger partial charge in [0, 0.05) is 6.42 Å². The molecule has 0 heterocycles. The van der Waals surface area contributed by atoms with Crippen LogP contribution in [0.25, 0.3) is 0 Å². The predicted molar refractivity (Wildman–Crippen MR) is 110 cm³/mol. The summed E-state index contributed by atoms with van der Waals surface area (Å²) in [5.41, 5.74) is 3.53. The molecule has 4 nitrogen and oxygen atoms in total. The summed E-state index contributed by atoms with van der Waals surface area (Å²) in [6.07, 6.45) is 16.4. The molecule has 0 saturated heterocycles. The summed E-state index contributed by atoms with van der Waals surface area (Å²) in [5, 5.41) is 4.00. The van der Waals surface area contributed by atoms with Gasteiger partial charge in [0.1, 0.15) is 5.75 Å². The second kappa shape index (κ2) is 15.4. The van der Waals surface area contributed by atoms with Crippen molar-refractivity contribution in [3.8, 4) is 5.75 Å². The predicted octanol–water partition coefficient (Wildman–Crippen LogP) is 5.85. The van der Waals surface area contributed by atoms with E-state index in [9.17, 15) is 4.79 Å². The monoisotopic (exact) mass is 360 g/mol. The standard InChI is InChI=1S/C22H36N2O2/c1-3-4-5-6-7-8-9-10-11-12-13-14-22(25)24-23-19-20-15-17-21(26-2)18-16-20/h15-19H,3-14H2,1-2H3,(H,24,25)/b23-19-. The van der Waals surface area contributed by atoms with Crippen LogP contribution < -0.4 is 10.2 Å². The zero-order chi connectivity index (χ0) is 18.9. The van der Waals surface area contributed by atoms with Crippen molar-refractivity contribution < 1.29 is 9.53 Å². The lowest BCUT2D eigenvalue weighted by molar-refractivity contribution is -0.121. The molecular formula is C22H36N2O2. The molecule has 1 aromatic rings. The van der Waals surface area contributed by atoms with Crippen LogP contribution in [0.5, 0.6) is 5.75 Å². The Morgan fingerprint density at radius 2 is 1.46 bits per heavy atom. The number of nitrogens with zero attached hydrogens (tertiary/aromatic N) is 1. The number of rotatable bonds is 15. The number of carbonyl (C=O) groups is 1. The number of methoxy groups -OCH3 is 1. The lowest BCUT2D eigenvalue weighted by Gasteiger charge is -2.03. The van der Waals surface area contributed by atoms with E-state index < -0.39 is 0 Å². The van der Waals surface area contributed by atoms with Gasteiger partial charge in [-0.2, -0.15) is 5.10 Å². The summed E-state index contributed by atoms with van der Waals surface area (Å²) < 4.78 is 5.10. The summed E-state index contributed by atoms with van der Waals surface area (Å²) in [6, 6.07) is 7.54. The van der Waals surface area contributed by atoms with Gasteiger partial charge in [0.15, 0.2) is 0 Å². The molecule has 0 spiro atoms. The number of hydrogen-bond donors (Lipinski definition) is 1. The highest BCUT2D eigenvalue weighted by Gasteiger charge is 1.99.